The van der Waals surface area contributed by atoms with Crippen molar-refractivity contribution in [2.24, 2.45) is 0 Å². The molecule has 0 spiro atoms. The summed E-state index contributed by atoms with van der Waals surface area (Å²) in [5, 5.41) is 7.28. The van der Waals surface area contributed by atoms with Crippen LogP contribution in [-0.4, -0.2) is 15.2 Å². The largest absolute Gasteiger partial charge is 0.334 e. The number of nitrogens with zero attached hydrogens (tertiary/aromatic N) is 2. The molecule has 1 rings (SSSR count). The molecule has 42 valence electrons. The number of hydrogen-bond acceptors (Lipinski definition) is 3. The Balaban J connectivity index is 3.22. The maximum absolute atomic E-state index is 4.64. The SMILES string of the molecule is Cc1c[nH]c(=S)nn1. The van der Waals surface area contributed by atoms with E-state index >= 15 is 0 Å². The van der Waals surface area contributed by atoms with Crippen LogP contribution >= 0.6 is 12.2 Å². The molecule has 0 aliphatic rings. The summed E-state index contributed by atoms with van der Waals surface area (Å²) in [7, 11) is 0. The van der Waals surface area contributed by atoms with Crippen LogP contribution in [0.2, 0.25) is 0 Å². The first-order valence-corrected chi connectivity index (χ1v) is 2.59. The number of aromatic amines is 1. The van der Waals surface area contributed by atoms with Gasteiger partial charge in [0.05, 0.1) is 5.69 Å². The van der Waals surface area contributed by atoms with Crippen LogP contribution in [0.15, 0.2) is 6.20 Å². The Morgan fingerprint density at radius 1 is 1.62 bits per heavy atom. The average molecular weight is 127 g/mol. The molecule has 1 N–H and O–H groups in total. The quantitative estimate of drug-likeness (QED) is 0.525. The third-order valence-corrected chi connectivity index (χ3v) is 0.903. The lowest BCUT2D eigenvalue weighted by Crippen LogP contribution is -1.87. The van der Waals surface area contributed by atoms with Crippen LogP contribution in [0, 0.1) is 11.7 Å². The maximum Gasteiger partial charge on any atom is 0.217 e. The Kier molecular flexibility index (Phi) is 1.34. The Bertz CT molecular complexity index is 208. The van der Waals surface area contributed by atoms with Crippen LogP contribution in [0.25, 0.3) is 0 Å². The first-order valence-electron chi connectivity index (χ1n) is 2.18. The fourth-order valence-corrected chi connectivity index (χ4v) is 0.448. The highest BCUT2D eigenvalue weighted by molar-refractivity contribution is 7.71. The van der Waals surface area contributed by atoms with E-state index < -0.39 is 0 Å². The van der Waals surface area contributed by atoms with Crippen LogP contribution < -0.4 is 0 Å². The zero-order chi connectivity index (χ0) is 5.98. The average Bonchev–Trinajstić information content (AvgIpc) is 1.77. The molecule has 1 aromatic rings. The molecule has 0 aromatic carbocycles. The van der Waals surface area contributed by atoms with Crippen molar-refractivity contribution in [2.75, 3.05) is 0 Å². The van der Waals surface area contributed by atoms with Gasteiger partial charge in [-0.05, 0) is 19.1 Å². The monoisotopic (exact) mass is 127 g/mol. The molecule has 0 saturated carbocycles. The summed E-state index contributed by atoms with van der Waals surface area (Å²) in [5.74, 6) is 0. The van der Waals surface area contributed by atoms with Crippen molar-refractivity contribution in [3.8, 4) is 0 Å². The molecule has 1 heterocycles. The van der Waals surface area contributed by atoms with E-state index in [1.807, 2.05) is 6.92 Å². The van der Waals surface area contributed by atoms with Gasteiger partial charge in [0.15, 0.2) is 0 Å². The normalized spacial score (nSPS) is 9.12. The Morgan fingerprint density at radius 3 is 2.75 bits per heavy atom. The lowest BCUT2D eigenvalue weighted by atomic mass is 10.6. The molecule has 0 radical (unpaired) electrons. The topological polar surface area (TPSA) is 41.6 Å². The molecule has 0 bridgehead atoms. The van der Waals surface area contributed by atoms with Gasteiger partial charge in [-0.2, -0.15) is 5.10 Å². The summed E-state index contributed by atoms with van der Waals surface area (Å²) < 4.78 is 0.426. The minimum Gasteiger partial charge on any atom is -0.334 e. The second kappa shape index (κ2) is 2.00. The fraction of sp³-hybridized carbons (Fsp3) is 0.250. The Labute approximate surface area is 51.8 Å². The molecule has 0 saturated heterocycles. The zero-order valence-electron chi connectivity index (χ0n) is 4.38. The van der Waals surface area contributed by atoms with Crippen molar-refractivity contribution in [1.82, 2.24) is 15.2 Å². The van der Waals surface area contributed by atoms with Crippen LogP contribution in [0.3, 0.4) is 0 Å². The van der Waals surface area contributed by atoms with Gasteiger partial charge >= 0.3 is 0 Å². The van der Waals surface area contributed by atoms with Gasteiger partial charge in [-0.15, -0.1) is 5.10 Å². The summed E-state index contributed by atoms with van der Waals surface area (Å²) in [6.45, 7) is 1.85. The van der Waals surface area contributed by atoms with Gasteiger partial charge in [0, 0.05) is 6.20 Å². The second-order valence-electron chi connectivity index (χ2n) is 1.44. The van der Waals surface area contributed by atoms with E-state index in [9.17, 15) is 0 Å². The number of hydrogen-bond donors (Lipinski definition) is 1. The third-order valence-electron chi connectivity index (χ3n) is 0.703. The van der Waals surface area contributed by atoms with Gasteiger partial charge in [0.25, 0.3) is 0 Å². The molecular formula is C4H5N3S. The van der Waals surface area contributed by atoms with Crippen molar-refractivity contribution in [1.29, 1.82) is 0 Å². The summed E-state index contributed by atoms with van der Waals surface area (Å²) in [6, 6.07) is 0. The minimum atomic E-state index is 0.426. The van der Waals surface area contributed by atoms with Crippen LogP contribution in [-0.2, 0) is 0 Å². The van der Waals surface area contributed by atoms with E-state index in [0.29, 0.717) is 4.77 Å². The molecule has 1 aromatic heterocycles. The van der Waals surface area contributed by atoms with Gasteiger partial charge in [-0.3, -0.25) is 0 Å². The Morgan fingerprint density at radius 2 is 2.38 bits per heavy atom. The summed E-state index contributed by atoms with van der Waals surface area (Å²) in [4.78, 5) is 2.74. The smallest absolute Gasteiger partial charge is 0.217 e. The van der Waals surface area contributed by atoms with E-state index in [1.54, 1.807) is 6.20 Å². The lowest BCUT2D eigenvalue weighted by Gasteiger charge is -1.83. The standard InChI is InChI=1S/C4H5N3S/c1-3-2-5-4(8)7-6-3/h2H,1H3,(H,5,7,8). The van der Waals surface area contributed by atoms with Gasteiger partial charge in [-0.25, -0.2) is 0 Å². The number of H-pyrrole nitrogens is 1. The van der Waals surface area contributed by atoms with E-state index in [-0.39, 0.29) is 0 Å². The van der Waals surface area contributed by atoms with Gasteiger partial charge in [0.1, 0.15) is 0 Å². The van der Waals surface area contributed by atoms with E-state index in [0.717, 1.165) is 5.69 Å². The maximum atomic E-state index is 4.64. The third kappa shape index (κ3) is 1.10. The van der Waals surface area contributed by atoms with Crippen molar-refractivity contribution in [3.05, 3.63) is 16.7 Å². The summed E-state index contributed by atoms with van der Waals surface area (Å²) in [5.41, 5.74) is 0.846. The van der Waals surface area contributed by atoms with Crippen LogP contribution in [0.4, 0.5) is 0 Å². The lowest BCUT2D eigenvalue weighted by molar-refractivity contribution is 0.908. The fourth-order valence-electron chi connectivity index (χ4n) is 0.348. The van der Waals surface area contributed by atoms with Crippen molar-refractivity contribution in [2.45, 2.75) is 6.92 Å². The highest BCUT2D eigenvalue weighted by Gasteiger charge is 1.79. The van der Waals surface area contributed by atoms with Gasteiger partial charge in [0.2, 0.25) is 4.77 Å². The zero-order valence-corrected chi connectivity index (χ0v) is 5.20. The second-order valence-corrected chi connectivity index (χ2v) is 1.82. The number of nitrogens with one attached hydrogen (secondary N) is 1. The molecule has 8 heavy (non-hydrogen) atoms. The summed E-state index contributed by atoms with van der Waals surface area (Å²) >= 11 is 4.64. The molecule has 4 heteroatoms. The van der Waals surface area contributed by atoms with Crippen molar-refractivity contribution in [3.63, 3.8) is 0 Å². The molecular weight excluding hydrogens is 122 g/mol. The highest BCUT2D eigenvalue weighted by atomic mass is 32.1. The molecule has 0 aliphatic carbocycles. The number of rotatable bonds is 0. The molecule has 0 fully saturated rings. The number of aryl methyl sites for hydroxylation is 1. The van der Waals surface area contributed by atoms with Crippen molar-refractivity contribution < 1.29 is 0 Å². The van der Waals surface area contributed by atoms with Crippen LogP contribution in [0.5, 0.6) is 0 Å². The predicted molar refractivity (Wildman–Crippen MR) is 32.0 cm³/mol. The first kappa shape index (κ1) is 5.37. The molecule has 0 atom stereocenters. The predicted octanol–water partition coefficient (Wildman–Crippen LogP) is 0.843. The highest BCUT2D eigenvalue weighted by Crippen LogP contribution is 1.80. The van der Waals surface area contributed by atoms with Crippen molar-refractivity contribution >= 4 is 12.2 Å². The molecule has 0 aliphatic heterocycles. The number of aromatic nitrogens is 3. The van der Waals surface area contributed by atoms with Gasteiger partial charge < -0.3 is 4.98 Å². The Hall–Kier alpha value is -0.770. The van der Waals surface area contributed by atoms with E-state index in [4.69, 9.17) is 0 Å². The van der Waals surface area contributed by atoms with Gasteiger partial charge in [-0.1, -0.05) is 0 Å². The molecule has 0 unspecified atom stereocenters. The summed E-state index contributed by atoms with van der Waals surface area (Å²) in [6.07, 6.45) is 1.72. The molecule has 0 amide bonds. The molecule has 3 nitrogen and oxygen atoms in total. The van der Waals surface area contributed by atoms with E-state index in [1.165, 1.54) is 0 Å². The minimum absolute atomic E-state index is 0.426. The van der Waals surface area contributed by atoms with E-state index in [2.05, 4.69) is 27.4 Å². The first-order chi connectivity index (χ1) is 3.79. The van der Waals surface area contributed by atoms with Crippen LogP contribution in [0.1, 0.15) is 5.69 Å².